The van der Waals surface area contributed by atoms with E-state index >= 15 is 0 Å². The molecule has 0 radical (unpaired) electrons. The van der Waals surface area contributed by atoms with Crippen molar-refractivity contribution in [3.8, 4) is 5.75 Å². The summed E-state index contributed by atoms with van der Waals surface area (Å²) in [5.74, 6) is 0.00231. The Bertz CT molecular complexity index is 650. The maximum absolute atomic E-state index is 11.9. The van der Waals surface area contributed by atoms with Crippen LogP contribution in [0.25, 0.3) is 0 Å². The number of hydrogen-bond acceptors (Lipinski definition) is 5. The van der Waals surface area contributed by atoms with Crippen LogP contribution in [0.5, 0.6) is 5.75 Å². The quantitative estimate of drug-likeness (QED) is 0.673. The van der Waals surface area contributed by atoms with Crippen molar-refractivity contribution in [3.05, 3.63) is 41.2 Å². The van der Waals surface area contributed by atoms with Gasteiger partial charge in [0.05, 0.1) is 18.0 Å². The molecule has 1 heterocycles. The van der Waals surface area contributed by atoms with Gasteiger partial charge in [-0.3, -0.25) is 4.68 Å². The van der Waals surface area contributed by atoms with Crippen molar-refractivity contribution in [1.82, 2.24) is 9.78 Å². The van der Waals surface area contributed by atoms with Gasteiger partial charge in [-0.05, 0) is 38.1 Å². The number of carbonyl (C=O) groups is 1. The van der Waals surface area contributed by atoms with E-state index < -0.39 is 5.97 Å². The Labute approximate surface area is 123 Å². The third kappa shape index (κ3) is 3.53. The first-order chi connectivity index (χ1) is 10.0. The monoisotopic (exact) mass is 289 g/mol. The SMILES string of the molecule is CCOC(=O)c1cc(N)ccc1OCc1cc(C)nn1C. The van der Waals surface area contributed by atoms with Crippen LogP contribution in [0.4, 0.5) is 5.69 Å². The van der Waals surface area contributed by atoms with E-state index in [1.165, 1.54) is 0 Å². The first kappa shape index (κ1) is 14.9. The van der Waals surface area contributed by atoms with Crippen LogP contribution in [0.2, 0.25) is 0 Å². The molecular weight excluding hydrogens is 270 g/mol. The maximum Gasteiger partial charge on any atom is 0.341 e. The fraction of sp³-hybridized carbons (Fsp3) is 0.333. The van der Waals surface area contributed by atoms with E-state index in [9.17, 15) is 4.79 Å². The molecule has 0 spiro atoms. The predicted octanol–water partition coefficient (Wildman–Crippen LogP) is 2.07. The van der Waals surface area contributed by atoms with E-state index in [0.717, 1.165) is 11.4 Å². The van der Waals surface area contributed by atoms with Gasteiger partial charge in [-0.25, -0.2) is 4.79 Å². The average Bonchev–Trinajstić information content (AvgIpc) is 2.76. The highest BCUT2D eigenvalue weighted by Gasteiger charge is 2.15. The fourth-order valence-electron chi connectivity index (χ4n) is 1.99. The van der Waals surface area contributed by atoms with Crippen molar-refractivity contribution in [3.63, 3.8) is 0 Å². The Kier molecular flexibility index (Phi) is 4.47. The van der Waals surface area contributed by atoms with Gasteiger partial charge in [-0.2, -0.15) is 5.10 Å². The summed E-state index contributed by atoms with van der Waals surface area (Å²) in [6.07, 6.45) is 0. The molecule has 6 nitrogen and oxygen atoms in total. The summed E-state index contributed by atoms with van der Waals surface area (Å²) in [5.41, 5.74) is 8.37. The van der Waals surface area contributed by atoms with Gasteiger partial charge in [0.25, 0.3) is 0 Å². The van der Waals surface area contributed by atoms with Gasteiger partial charge in [0.2, 0.25) is 0 Å². The van der Waals surface area contributed by atoms with Crippen molar-refractivity contribution in [2.24, 2.45) is 7.05 Å². The molecule has 0 unspecified atom stereocenters. The van der Waals surface area contributed by atoms with Crippen LogP contribution in [0.3, 0.4) is 0 Å². The number of nitrogens with two attached hydrogens (primary N) is 1. The lowest BCUT2D eigenvalue weighted by Gasteiger charge is -2.11. The van der Waals surface area contributed by atoms with Crippen molar-refractivity contribution in [2.45, 2.75) is 20.5 Å². The Hall–Kier alpha value is -2.50. The third-order valence-electron chi connectivity index (χ3n) is 2.97. The summed E-state index contributed by atoms with van der Waals surface area (Å²) in [7, 11) is 1.85. The van der Waals surface area contributed by atoms with Gasteiger partial charge in [0.15, 0.2) is 0 Å². The summed E-state index contributed by atoms with van der Waals surface area (Å²) < 4.78 is 12.5. The smallest absolute Gasteiger partial charge is 0.341 e. The zero-order chi connectivity index (χ0) is 15.4. The minimum absolute atomic E-state index is 0.300. The van der Waals surface area contributed by atoms with E-state index in [1.807, 2.05) is 20.0 Å². The lowest BCUT2D eigenvalue weighted by atomic mass is 10.2. The summed E-state index contributed by atoms with van der Waals surface area (Å²) in [6.45, 7) is 4.28. The van der Waals surface area contributed by atoms with Gasteiger partial charge in [-0.1, -0.05) is 0 Å². The van der Waals surface area contributed by atoms with E-state index in [2.05, 4.69) is 5.10 Å². The molecule has 0 atom stereocenters. The molecular formula is C15H19N3O3. The first-order valence-electron chi connectivity index (χ1n) is 6.70. The highest BCUT2D eigenvalue weighted by Crippen LogP contribution is 2.23. The van der Waals surface area contributed by atoms with Crippen LogP contribution >= 0.6 is 0 Å². The molecule has 0 bridgehead atoms. The molecule has 2 aromatic rings. The molecule has 0 aliphatic carbocycles. The van der Waals surface area contributed by atoms with Crippen LogP contribution in [0.1, 0.15) is 28.7 Å². The summed E-state index contributed by atoms with van der Waals surface area (Å²) in [4.78, 5) is 11.9. The Morgan fingerprint density at radius 1 is 1.38 bits per heavy atom. The minimum Gasteiger partial charge on any atom is -0.486 e. The standard InChI is InChI=1S/C15H19N3O3/c1-4-20-15(19)13-8-11(16)5-6-14(13)21-9-12-7-10(2)17-18(12)3/h5-8H,4,9,16H2,1-3H3. The van der Waals surface area contributed by atoms with E-state index in [1.54, 1.807) is 29.8 Å². The summed E-state index contributed by atoms with van der Waals surface area (Å²) in [5, 5.41) is 4.25. The van der Waals surface area contributed by atoms with Gasteiger partial charge in [0.1, 0.15) is 17.9 Å². The molecule has 0 aliphatic heterocycles. The summed E-state index contributed by atoms with van der Waals surface area (Å²) in [6, 6.07) is 6.85. The number of benzene rings is 1. The number of anilines is 1. The van der Waals surface area contributed by atoms with Crippen molar-refractivity contribution in [2.75, 3.05) is 12.3 Å². The third-order valence-corrected chi connectivity index (χ3v) is 2.97. The van der Waals surface area contributed by atoms with Crippen LogP contribution < -0.4 is 10.5 Å². The number of nitrogen functional groups attached to an aromatic ring is 1. The van der Waals surface area contributed by atoms with Crippen molar-refractivity contribution in [1.29, 1.82) is 0 Å². The highest BCUT2D eigenvalue weighted by molar-refractivity contribution is 5.93. The topological polar surface area (TPSA) is 79.4 Å². The molecule has 112 valence electrons. The number of hydrogen-bond donors (Lipinski definition) is 1. The van der Waals surface area contributed by atoms with Gasteiger partial charge >= 0.3 is 5.97 Å². The molecule has 21 heavy (non-hydrogen) atoms. The Morgan fingerprint density at radius 3 is 2.76 bits per heavy atom. The van der Waals surface area contributed by atoms with Crippen LogP contribution in [-0.4, -0.2) is 22.4 Å². The van der Waals surface area contributed by atoms with Gasteiger partial charge in [-0.15, -0.1) is 0 Å². The second-order valence-electron chi connectivity index (χ2n) is 4.67. The number of esters is 1. The largest absolute Gasteiger partial charge is 0.486 e. The zero-order valence-electron chi connectivity index (χ0n) is 12.4. The zero-order valence-corrected chi connectivity index (χ0v) is 12.4. The second-order valence-corrected chi connectivity index (χ2v) is 4.67. The Balaban J connectivity index is 2.19. The van der Waals surface area contributed by atoms with Crippen LogP contribution in [0.15, 0.2) is 24.3 Å². The lowest BCUT2D eigenvalue weighted by Crippen LogP contribution is -2.10. The van der Waals surface area contributed by atoms with Gasteiger partial charge in [0, 0.05) is 12.7 Å². The molecule has 0 amide bonds. The molecule has 0 aliphatic rings. The van der Waals surface area contributed by atoms with Crippen LogP contribution in [-0.2, 0) is 18.4 Å². The van der Waals surface area contributed by atoms with E-state index in [-0.39, 0.29) is 0 Å². The van der Waals surface area contributed by atoms with E-state index in [0.29, 0.717) is 30.2 Å². The number of aryl methyl sites for hydroxylation is 2. The van der Waals surface area contributed by atoms with Crippen LogP contribution in [0, 0.1) is 6.92 Å². The number of aromatic nitrogens is 2. The molecule has 1 aromatic carbocycles. The normalized spacial score (nSPS) is 10.4. The molecule has 2 rings (SSSR count). The first-order valence-corrected chi connectivity index (χ1v) is 6.70. The van der Waals surface area contributed by atoms with Gasteiger partial charge < -0.3 is 15.2 Å². The van der Waals surface area contributed by atoms with Crippen molar-refractivity contribution < 1.29 is 14.3 Å². The average molecular weight is 289 g/mol. The molecule has 6 heteroatoms. The number of nitrogens with zero attached hydrogens (tertiary/aromatic N) is 2. The Morgan fingerprint density at radius 2 is 2.14 bits per heavy atom. The second kappa shape index (κ2) is 6.30. The molecule has 0 fully saturated rings. The highest BCUT2D eigenvalue weighted by atomic mass is 16.5. The molecule has 0 saturated heterocycles. The summed E-state index contributed by atoms with van der Waals surface area (Å²) >= 11 is 0. The lowest BCUT2D eigenvalue weighted by molar-refractivity contribution is 0.0521. The van der Waals surface area contributed by atoms with Crippen molar-refractivity contribution >= 4 is 11.7 Å². The predicted molar refractivity (Wildman–Crippen MR) is 79.1 cm³/mol. The number of ether oxygens (including phenoxy) is 2. The maximum atomic E-state index is 11.9. The minimum atomic E-state index is -0.444. The number of rotatable bonds is 5. The molecule has 0 saturated carbocycles. The molecule has 2 N–H and O–H groups in total. The van der Waals surface area contributed by atoms with E-state index in [4.69, 9.17) is 15.2 Å². The fourth-order valence-corrected chi connectivity index (χ4v) is 1.99. The number of carbonyl (C=O) groups excluding carboxylic acids is 1. The molecule has 1 aromatic heterocycles.